The average molecular weight is 336 g/mol. The lowest BCUT2D eigenvalue weighted by Gasteiger charge is -2.23. The Labute approximate surface area is 141 Å². The Morgan fingerprint density at radius 1 is 1.35 bits per heavy atom. The van der Waals surface area contributed by atoms with Gasteiger partial charge in [-0.15, -0.1) is 0 Å². The van der Waals surface area contributed by atoms with E-state index >= 15 is 0 Å². The Morgan fingerprint density at radius 3 is 2.78 bits per heavy atom. The standard InChI is InChI=1S/C16H22ClN5O/c1-5-18-15(21-16(2,3)4)19-10-13-20-14(22-23-13)11-7-6-8-12(17)9-11/h6-9H,5,10H2,1-4H3,(H2,18,19,21). The van der Waals surface area contributed by atoms with Gasteiger partial charge >= 0.3 is 0 Å². The van der Waals surface area contributed by atoms with Crippen LogP contribution in [0.25, 0.3) is 11.4 Å². The molecule has 1 heterocycles. The first-order valence-electron chi connectivity index (χ1n) is 7.52. The Hall–Kier alpha value is -2.08. The van der Waals surface area contributed by atoms with Crippen molar-refractivity contribution in [1.82, 2.24) is 20.8 Å². The molecule has 0 aliphatic carbocycles. The quantitative estimate of drug-likeness (QED) is 0.662. The minimum absolute atomic E-state index is 0.0816. The van der Waals surface area contributed by atoms with Crippen molar-refractivity contribution in [2.45, 2.75) is 39.8 Å². The Bertz CT molecular complexity index is 675. The predicted octanol–water partition coefficient (Wildman–Crippen LogP) is 3.24. The summed E-state index contributed by atoms with van der Waals surface area (Å²) in [6, 6.07) is 7.33. The van der Waals surface area contributed by atoms with Crippen LogP contribution in [0.3, 0.4) is 0 Å². The zero-order valence-corrected chi connectivity index (χ0v) is 14.6. The van der Waals surface area contributed by atoms with Crippen molar-refractivity contribution in [1.29, 1.82) is 0 Å². The second-order valence-corrected chi connectivity index (χ2v) is 6.53. The highest BCUT2D eigenvalue weighted by Crippen LogP contribution is 2.20. The number of guanidine groups is 1. The molecule has 2 rings (SSSR count). The normalized spacial score (nSPS) is 12.3. The lowest BCUT2D eigenvalue weighted by Crippen LogP contribution is -2.47. The molecule has 23 heavy (non-hydrogen) atoms. The Balaban J connectivity index is 2.09. The van der Waals surface area contributed by atoms with Gasteiger partial charge in [-0.25, -0.2) is 4.99 Å². The molecule has 0 aliphatic rings. The van der Waals surface area contributed by atoms with Gasteiger partial charge < -0.3 is 15.2 Å². The van der Waals surface area contributed by atoms with Crippen LogP contribution in [-0.2, 0) is 6.54 Å². The summed E-state index contributed by atoms with van der Waals surface area (Å²) in [7, 11) is 0. The lowest BCUT2D eigenvalue weighted by molar-refractivity contribution is 0.380. The summed E-state index contributed by atoms with van der Waals surface area (Å²) >= 11 is 5.98. The van der Waals surface area contributed by atoms with Crippen molar-refractivity contribution < 1.29 is 4.52 Å². The van der Waals surface area contributed by atoms with E-state index in [1.807, 2.05) is 19.1 Å². The van der Waals surface area contributed by atoms with E-state index in [4.69, 9.17) is 16.1 Å². The molecule has 0 atom stereocenters. The van der Waals surface area contributed by atoms with Crippen molar-refractivity contribution in [3.8, 4) is 11.4 Å². The predicted molar refractivity (Wildman–Crippen MR) is 92.4 cm³/mol. The second kappa shape index (κ2) is 7.46. The second-order valence-electron chi connectivity index (χ2n) is 6.09. The molecule has 0 amide bonds. The molecule has 1 aromatic carbocycles. The molecule has 124 valence electrons. The minimum atomic E-state index is -0.0816. The molecule has 2 N–H and O–H groups in total. The number of halogens is 1. The van der Waals surface area contributed by atoms with Crippen LogP contribution in [0.4, 0.5) is 0 Å². The van der Waals surface area contributed by atoms with Crippen LogP contribution in [0.2, 0.25) is 5.02 Å². The van der Waals surface area contributed by atoms with Gasteiger partial charge in [-0.1, -0.05) is 28.9 Å². The summed E-state index contributed by atoms with van der Waals surface area (Å²) in [6.45, 7) is 9.32. The minimum Gasteiger partial charge on any atom is -0.357 e. The molecular formula is C16H22ClN5O. The molecule has 0 saturated heterocycles. The highest BCUT2D eigenvalue weighted by molar-refractivity contribution is 6.30. The highest BCUT2D eigenvalue weighted by atomic mass is 35.5. The van der Waals surface area contributed by atoms with Crippen molar-refractivity contribution in [2.24, 2.45) is 4.99 Å². The van der Waals surface area contributed by atoms with Gasteiger partial charge in [0, 0.05) is 22.7 Å². The van der Waals surface area contributed by atoms with Gasteiger partial charge in [0.05, 0.1) is 0 Å². The molecule has 1 aromatic heterocycles. The fourth-order valence-electron chi connectivity index (χ4n) is 1.87. The van der Waals surface area contributed by atoms with E-state index in [1.165, 1.54) is 0 Å². The fraction of sp³-hybridized carbons (Fsp3) is 0.438. The van der Waals surface area contributed by atoms with Crippen molar-refractivity contribution in [3.63, 3.8) is 0 Å². The zero-order valence-electron chi connectivity index (χ0n) is 13.9. The van der Waals surface area contributed by atoms with Gasteiger partial charge in [0.2, 0.25) is 11.7 Å². The molecule has 2 aromatic rings. The number of nitrogens with one attached hydrogen (secondary N) is 2. The highest BCUT2D eigenvalue weighted by Gasteiger charge is 2.13. The van der Waals surface area contributed by atoms with E-state index in [1.54, 1.807) is 12.1 Å². The summed E-state index contributed by atoms with van der Waals surface area (Å²) in [5.41, 5.74) is 0.734. The molecule has 0 unspecified atom stereocenters. The first kappa shape index (κ1) is 17.3. The van der Waals surface area contributed by atoms with Gasteiger partial charge in [0.15, 0.2) is 5.96 Å². The first-order valence-corrected chi connectivity index (χ1v) is 7.90. The molecule has 7 heteroatoms. The molecule has 0 spiro atoms. The van der Waals surface area contributed by atoms with Gasteiger partial charge in [-0.05, 0) is 39.8 Å². The molecule has 0 fully saturated rings. The summed E-state index contributed by atoms with van der Waals surface area (Å²) in [5, 5.41) is 11.1. The molecule has 0 aliphatic heterocycles. The van der Waals surface area contributed by atoms with E-state index in [2.05, 4.69) is 46.5 Å². The monoisotopic (exact) mass is 335 g/mol. The molecule has 0 radical (unpaired) electrons. The van der Waals surface area contributed by atoms with Gasteiger partial charge in [0.25, 0.3) is 0 Å². The molecule has 0 saturated carbocycles. The van der Waals surface area contributed by atoms with Crippen LogP contribution >= 0.6 is 11.6 Å². The Kier molecular flexibility index (Phi) is 5.60. The Morgan fingerprint density at radius 2 is 2.13 bits per heavy atom. The molecular weight excluding hydrogens is 314 g/mol. The van der Waals surface area contributed by atoms with E-state index in [-0.39, 0.29) is 5.54 Å². The number of hydrogen-bond acceptors (Lipinski definition) is 4. The summed E-state index contributed by atoms with van der Waals surface area (Å²) in [4.78, 5) is 8.82. The number of rotatable bonds is 4. The zero-order chi connectivity index (χ0) is 16.9. The average Bonchev–Trinajstić information content (AvgIpc) is 2.92. The molecule has 0 bridgehead atoms. The first-order chi connectivity index (χ1) is 10.9. The third-order valence-electron chi connectivity index (χ3n) is 2.76. The maximum atomic E-state index is 5.98. The lowest BCUT2D eigenvalue weighted by atomic mass is 10.1. The third kappa shape index (κ3) is 5.56. The van der Waals surface area contributed by atoms with Gasteiger partial charge in [-0.2, -0.15) is 4.98 Å². The van der Waals surface area contributed by atoms with E-state index < -0.39 is 0 Å². The van der Waals surface area contributed by atoms with Crippen LogP contribution in [-0.4, -0.2) is 28.2 Å². The van der Waals surface area contributed by atoms with Gasteiger partial charge in [0.1, 0.15) is 6.54 Å². The summed E-state index contributed by atoms with van der Waals surface area (Å²) < 4.78 is 5.25. The van der Waals surface area contributed by atoms with Crippen LogP contribution in [0, 0.1) is 0 Å². The fourth-order valence-corrected chi connectivity index (χ4v) is 2.06. The topological polar surface area (TPSA) is 75.3 Å². The number of hydrogen-bond donors (Lipinski definition) is 2. The SMILES string of the molecule is CCNC(=NCc1nc(-c2cccc(Cl)c2)no1)NC(C)(C)C. The summed E-state index contributed by atoms with van der Waals surface area (Å²) in [5.74, 6) is 1.67. The van der Waals surface area contributed by atoms with Gasteiger partial charge in [-0.3, -0.25) is 0 Å². The van der Waals surface area contributed by atoms with E-state index in [0.29, 0.717) is 29.2 Å². The number of aromatic nitrogens is 2. The number of aliphatic imine (C=N–C) groups is 1. The van der Waals surface area contributed by atoms with Crippen molar-refractivity contribution >= 4 is 17.6 Å². The smallest absolute Gasteiger partial charge is 0.248 e. The third-order valence-corrected chi connectivity index (χ3v) is 3.00. The number of benzene rings is 1. The van der Waals surface area contributed by atoms with Crippen molar-refractivity contribution in [2.75, 3.05) is 6.54 Å². The van der Waals surface area contributed by atoms with E-state index in [9.17, 15) is 0 Å². The van der Waals surface area contributed by atoms with Crippen LogP contribution < -0.4 is 10.6 Å². The molecule has 6 nitrogen and oxygen atoms in total. The van der Waals surface area contributed by atoms with Crippen LogP contribution in [0.1, 0.15) is 33.6 Å². The van der Waals surface area contributed by atoms with Crippen molar-refractivity contribution in [3.05, 3.63) is 35.2 Å². The van der Waals surface area contributed by atoms with Crippen LogP contribution in [0.5, 0.6) is 0 Å². The van der Waals surface area contributed by atoms with Crippen LogP contribution in [0.15, 0.2) is 33.8 Å². The maximum absolute atomic E-state index is 5.98. The number of nitrogens with zero attached hydrogens (tertiary/aromatic N) is 3. The summed E-state index contributed by atoms with van der Waals surface area (Å²) in [6.07, 6.45) is 0. The van der Waals surface area contributed by atoms with E-state index in [0.717, 1.165) is 12.1 Å². The largest absolute Gasteiger partial charge is 0.357 e. The maximum Gasteiger partial charge on any atom is 0.248 e.